The first kappa shape index (κ1) is 14.3. The topological polar surface area (TPSA) is 46.3 Å². The lowest BCUT2D eigenvalue weighted by Gasteiger charge is -2.31. The molecule has 1 aromatic carbocycles. The van der Waals surface area contributed by atoms with Crippen LogP contribution in [0, 0.1) is 5.92 Å². The van der Waals surface area contributed by atoms with Crippen LogP contribution in [0.15, 0.2) is 41.8 Å². The second-order valence-electron chi connectivity index (χ2n) is 5.60. The summed E-state index contributed by atoms with van der Waals surface area (Å²) in [5.74, 6) is -0.0456. The third kappa shape index (κ3) is 2.87. The van der Waals surface area contributed by atoms with Crippen LogP contribution < -0.4 is 5.73 Å². The Labute approximate surface area is 129 Å². The number of amides is 1. The highest BCUT2D eigenvalue weighted by Crippen LogP contribution is 2.27. The summed E-state index contributed by atoms with van der Waals surface area (Å²) in [4.78, 5) is 16.1. The normalized spacial score (nSPS) is 17.1. The average Bonchev–Trinajstić information content (AvgIpc) is 3.01. The maximum Gasteiger partial charge on any atom is 0.227 e. The summed E-state index contributed by atoms with van der Waals surface area (Å²) in [5.41, 5.74) is 8.59. The Morgan fingerprint density at radius 3 is 2.81 bits per heavy atom. The van der Waals surface area contributed by atoms with E-state index in [2.05, 4.69) is 11.4 Å². The molecule has 0 spiro atoms. The number of carbonyl (C=O) groups excluding carboxylic acids is 1. The minimum absolute atomic E-state index is 0.156. The van der Waals surface area contributed by atoms with E-state index in [0.29, 0.717) is 0 Å². The van der Waals surface area contributed by atoms with Gasteiger partial charge in [0.05, 0.1) is 5.92 Å². The number of thiophene rings is 1. The largest absolute Gasteiger partial charge is 0.338 e. The summed E-state index contributed by atoms with van der Waals surface area (Å²) in [6.45, 7) is 3.46. The first-order valence-electron chi connectivity index (χ1n) is 7.31. The summed E-state index contributed by atoms with van der Waals surface area (Å²) in [7, 11) is 0. The average molecular weight is 300 g/mol. The Kier molecular flexibility index (Phi) is 4.08. The molecule has 0 bridgehead atoms. The molecule has 0 fully saturated rings. The van der Waals surface area contributed by atoms with Crippen molar-refractivity contribution in [3.63, 3.8) is 0 Å². The van der Waals surface area contributed by atoms with Crippen LogP contribution in [0.25, 0.3) is 0 Å². The summed E-state index contributed by atoms with van der Waals surface area (Å²) >= 11 is 1.79. The number of benzene rings is 1. The maximum atomic E-state index is 12.7. The van der Waals surface area contributed by atoms with Crippen LogP contribution >= 0.6 is 11.3 Å². The third-order valence-electron chi connectivity index (χ3n) is 4.23. The molecule has 4 heteroatoms. The van der Waals surface area contributed by atoms with Gasteiger partial charge in [0.1, 0.15) is 0 Å². The number of hydrogen-bond donors (Lipinski definition) is 1. The molecule has 2 heterocycles. The van der Waals surface area contributed by atoms with Gasteiger partial charge in [-0.2, -0.15) is 0 Å². The molecule has 0 saturated carbocycles. The van der Waals surface area contributed by atoms with Crippen molar-refractivity contribution in [3.05, 3.63) is 57.8 Å². The molecule has 1 amide bonds. The monoisotopic (exact) mass is 300 g/mol. The van der Waals surface area contributed by atoms with Crippen molar-refractivity contribution in [2.45, 2.75) is 25.9 Å². The van der Waals surface area contributed by atoms with E-state index >= 15 is 0 Å². The van der Waals surface area contributed by atoms with E-state index in [1.54, 1.807) is 11.3 Å². The first-order chi connectivity index (χ1) is 10.2. The maximum absolute atomic E-state index is 12.7. The van der Waals surface area contributed by atoms with Crippen LogP contribution in [-0.2, 0) is 17.8 Å². The molecule has 2 aromatic rings. The Morgan fingerprint density at radius 1 is 1.29 bits per heavy atom. The highest BCUT2D eigenvalue weighted by atomic mass is 32.1. The van der Waals surface area contributed by atoms with Gasteiger partial charge >= 0.3 is 0 Å². The lowest BCUT2D eigenvalue weighted by molar-refractivity contribution is -0.136. The molecule has 110 valence electrons. The van der Waals surface area contributed by atoms with Gasteiger partial charge in [0, 0.05) is 24.0 Å². The highest BCUT2D eigenvalue weighted by Gasteiger charge is 2.29. The van der Waals surface area contributed by atoms with Gasteiger partial charge in [0.25, 0.3) is 0 Å². The molecule has 1 aromatic heterocycles. The lowest BCUT2D eigenvalue weighted by atomic mass is 9.93. The summed E-state index contributed by atoms with van der Waals surface area (Å²) in [5, 5.41) is 2.11. The van der Waals surface area contributed by atoms with Gasteiger partial charge in [-0.15, -0.1) is 11.3 Å². The molecule has 3 rings (SSSR count). The molecule has 0 radical (unpaired) electrons. The molecular formula is C17H20N2OS. The van der Waals surface area contributed by atoms with E-state index in [1.165, 1.54) is 10.4 Å². The SMILES string of the molecule is CC(C(=O)N1CCc2sccc2C1)C(N)c1ccccc1. The van der Waals surface area contributed by atoms with Crippen LogP contribution in [-0.4, -0.2) is 17.4 Å². The molecule has 1 aliphatic rings. The van der Waals surface area contributed by atoms with Gasteiger partial charge in [0.2, 0.25) is 5.91 Å². The number of fused-ring (bicyclic) bond motifs is 1. The van der Waals surface area contributed by atoms with E-state index in [0.717, 1.165) is 25.1 Å². The minimum atomic E-state index is -0.248. The van der Waals surface area contributed by atoms with Crippen LogP contribution in [0.4, 0.5) is 0 Å². The number of rotatable bonds is 3. The van der Waals surface area contributed by atoms with Gasteiger partial charge in [-0.3, -0.25) is 4.79 Å². The van der Waals surface area contributed by atoms with E-state index in [-0.39, 0.29) is 17.9 Å². The first-order valence-corrected chi connectivity index (χ1v) is 8.19. The van der Waals surface area contributed by atoms with Gasteiger partial charge in [0.15, 0.2) is 0 Å². The quantitative estimate of drug-likeness (QED) is 0.947. The van der Waals surface area contributed by atoms with Crippen LogP contribution in [0.2, 0.25) is 0 Å². The van der Waals surface area contributed by atoms with Crippen molar-refractivity contribution in [1.29, 1.82) is 0 Å². The molecule has 3 nitrogen and oxygen atoms in total. The number of nitrogens with zero attached hydrogens (tertiary/aromatic N) is 1. The molecule has 0 aliphatic carbocycles. The number of nitrogens with two attached hydrogens (primary N) is 1. The third-order valence-corrected chi connectivity index (χ3v) is 5.26. The van der Waals surface area contributed by atoms with E-state index in [1.807, 2.05) is 42.2 Å². The predicted octanol–water partition coefficient (Wildman–Crippen LogP) is 2.97. The van der Waals surface area contributed by atoms with Crippen LogP contribution in [0.5, 0.6) is 0 Å². The zero-order valence-electron chi connectivity index (χ0n) is 12.2. The Morgan fingerprint density at radius 2 is 2.05 bits per heavy atom. The molecule has 0 saturated heterocycles. The van der Waals surface area contributed by atoms with E-state index in [4.69, 9.17) is 5.73 Å². The van der Waals surface area contributed by atoms with Crippen molar-refractivity contribution in [2.24, 2.45) is 11.7 Å². The molecule has 2 N–H and O–H groups in total. The second kappa shape index (κ2) is 6.00. The summed E-state index contributed by atoms with van der Waals surface area (Å²) < 4.78 is 0. The van der Waals surface area contributed by atoms with Crippen molar-refractivity contribution in [1.82, 2.24) is 4.90 Å². The molecule has 21 heavy (non-hydrogen) atoms. The lowest BCUT2D eigenvalue weighted by Crippen LogP contribution is -2.41. The van der Waals surface area contributed by atoms with Crippen LogP contribution in [0.1, 0.15) is 29.0 Å². The van der Waals surface area contributed by atoms with E-state index in [9.17, 15) is 4.79 Å². The smallest absolute Gasteiger partial charge is 0.227 e. The summed E-state index contributed by atoms with van der Waals surface area (Å²) in [6, 6.07) is 11.7. The van der Waals surface area contributed by atoms with Crippen molar-refractivity contribution in [2.75, 3.05) is 6.54 Å². The highest BCUT2D eigenvalue weighted by molar-refractivity contribution is 7.10. The fourth-order valence-electron chi connectivity index (χ4n) is 2.84. The molecular weight excluding hydrogens is 280 g/mol. The minimum Gasteiger partial charge on any atom is -0.338 e. The van der Waals surface area contributed by atoms with E-state index < -0.39 is 0 Å². The Hall–Kier alpha value is -1.65. The predicted molar refractivity (Wildman–Crippen MR) is 86.0 cm³/mol. The zero-order valence-corrected chi connectivity index (χ0v) is 13.0. The molecule has 1 aliphatic heterocycles. The Bertz CT molecular complexity index is 623. The number of hydrogen-bond acceptors (Lipinski definition) is 3. The zero-order chi connectivity index (χ0) is 14.8. The summed E-state index contributed by atoms with van der Waals surface area (Å²) in [6.07, 6.45) is 0.964. The molecule has 2 atom stereocenters. The van der Waals surface area contributed by atoms with Crippen molar-refractivity contribution in [3.8, 4) is 0 Å². The van der Waals surface area contributed by atoms with Crippen molar-refractivity contribution >= 4 is 17.2 Å². The standard InChI is InChI=1S/C17H20N2OS/c1-12(16(18)13-5-3-2-4-6-13)17(20)19-9-7-15-14(11-19)8-10-21-15/h2-6,8,10,12,16H,7,9,11,18H2,1H3. The fraction of sp³-hybridized carbons (Fsp3) is 0.353. The second-order valence-corrected chi connectivity index (χ2v) is 6.60. The number of carbonyl (C=O) groups is 1. The molecule has 2 unspecified atom stereocenters. The van der Waals surface area contributed by atoms with Crippen molar-refractivity contribution < 1.29 is 4.79 Å². The van der Waals surface area contributed by atoms with Gasteiger partial charge in [-0.1, -0.05) is 37.3 Å². The van der Waals surface area contributed by atoms with Gasteiger partial charge in [-0.05, 0) is 29.0 Å². The van der Waals surface area contributed by atoms with Gasteiger partial charge in [-0.25, -0.2) is 0 Å². The van der Waals surface area contributed by atoms with Crippen LogP contribution in [0.3, 0.4) is 0 Å². The van der Waals surface area contributed by atoms with Gasteiger partial charge < -0.3 is 10.6 Å². The Balaban J connectivity index is 1.71. The fourth-order valence-corrected chi connectivity index (χ4v) is 3.73.